The van der Waals surface area contributed by atoms with Gasteiger partial charge in [0, 0.05) is 18.3 Å². The number of amides is 3. The van der Waals surface area contributed by atoms with Crippen molar-refractivity contribution >= 4 is 40.4 Å². The van der Waals surface area contributed by atoms with Crippen LogP contribution in [0, 0.1) is 19.7 Å². The summed E-state index contributed by atoms with van der Waals surface area (Å²) in [6, 6.07) is 17.7. The third-order valence-corrected chi connectivity index (χ3v) is 5.27. The molecule has 0 saturated heterocycles. The molecule has 1 aliphatic rings. The molecule has 0 spiro atoms. The van der Waals surface area contributed by atoms with Crippen LogP contribution >= 0.6 is 0 Å². The highest BCUT2D eigenvalue weighted by Crippen LogP contribution is 2.35. The Hall–Kier alpha value is -4.26. The summed E-state index contributed by atoms with van der Waals surface area (Å²) in [5, 5.41) is 5.61. The van der Waals surface area contributed by atoms with Crippen LogP contribution in [0.5, 0.6) is 0 Å². The number of aryl methyl sites for hydroxylation is 2. The predicted octanol–water partition coefficient (Wildman–Crippen LogP) is 4.80. The monoisotopic (exact) mass is 443 g/mol. The number of rotatable bonds is 5. The molecule has 1 heterocycles. The molecule has 1 aliphatic heterocycles. The second kappa shape index (κ2) is 8.70. The number of nitrogens with one attached hydrogen (secondary N) is 2. The third-order valence-electron chi connectivity index (χ3n) is 5.27. The Kier molecular flexibility index (Phi) is 5.79. The maximum absolute atomic E-state index is 13.8. The van der Waals surface area contributed by atoms with Crippen molar-refractivity contribution in [2.75, 3.05) is 15.5 Å². The molecule has 3 aromatic carbocycles. The molecule has 0 fully saturated rings. The van der Waals surface area contributed by atoms with E-state index in [1.54, 1.807) is 30.3 Å². The minimum atomic E-state index is -0.550. The van der Waals surface area contributed by atoms with E-state index in [4.69, 9.17) is 0 Å². The number of hydrogen-bond acceptors (Lipinski definition) is 4. The molecule has 0 unspecified atom stereocenters. The summed E-state index contributed by atoms with van der Waals surface area (Å²) in [4.78, 5) is 39.4. The van der Waals surface area contributed by atoms with Crippen molar-refractivity contribution in [3.63, 3.8) is 0 Å². The average molecular weight is 443 g/mol. The zero-order chi connectivity index (χ0) is 23.7. The molecule has 7 heteroatoms. The fraction of sp³-hybridized carbons (Fsp3) is 0.115. The second-order valence-corrected chi connectivity index (χ2v) is 7.88. The Morgan fingerprint density at radius 1 is 0.879 bits per heavy atom. The van der Waals surface area contributed by atoms with Crippen molar-refractivity contribution in [1.82, 2.24) is 0 Å². The Morgan fingerprint density at radius 2 is 1.61 bits per heavy atom. The van der Waals surface area contributed by atoms with Gasteiger partial charge in [0.1, 0.15) is 11.5 Å². The first-order valence-corrected chi connectivity index (χ1v) is 10.4. The van der Waals surface area contributed by atoms with Crippen LogP contribution in [0.4, 0.5) is 21.5 Å². The van der Waals surface area contributed by atoms with Gasteiger partial charge in [0.25, 0.3) is 11.8 Å². The zero-order valence-electron chi connectivity index (χ0n) is 18.4. The van der Waals surface area contributed by atoms with Crippen LogP contribution < -0.4 is 15.5 Å². The van der Waals surface area contributed by atoms with Crippen LogP contribution in [0.3, 0.4) is 0 Å². The molecule has 0 aromatic heterocycles. The molecule has 0 radical (unpaired) electrons. The number of anilines is 3. The topological polar surface area (TPSA) is 78.5 Å². The average Bonchev–Trinajstić information content (AvgIpc) is 2.98. The summed E-state index contributed by atoms with van der Waals surface area (Å²) in [5.41, 5.74) is 4.04. The third kappa shape index (κ3) is 4.39. The van der Waals surface area contributed by atoms with Crippen molar-refractivity contribution < 1.29 is 18.8 Å². The number of benzene rings is 3. The standard InChI is InChI=1S/C26H22FN3O3/c1-15-7-12-22(16(2)13-15)23-24(29-20-6-4-5-18(27)14-20)26(33)30(25(23)32)21-10-8-19(9-11-21)28-17(3)31/h4-14,29H,1-3H3,(H,28,31). The zero-order valence-corrected chi connectivity index (χ0v) is 18.4. The van der Waals surface area contributed by atoms with Gasteiger partial charge >= 0.3 is 0 Å². The molecule has 0 atom stereocenters. The van der Waals surface area contributed by atoms with E-state index < -0.39 is 17.6 Å². The van der Waals surface area contributed by atoms with E-state index in [1.807, 2.05) is 32.0 Å². The fourth-order valence-corrected chi connectivity index (χ4v) is 3.83. The van der Waals surface area contributed by atoms with Gasteiger partial charge in [0.15, 0.2) is 0 Å². The molecule has 0 aliphatic carbocycles. The summed E-state index contributed by atoms with van der Waals surface area (Å²) in [7, 11) is 0. The molecule has 0 saturated carbocycles. The minimum Gasteiger partial charge on any atom is -0.350 e. The number of halogens is 1. The number of nitrogens with zero attached hydrogens (tertiary/aromatic N) is 1. The van der Waals surface area contributed by atoms with E-state index in [0.717, 1.165) is 16.0 Å². The van der Waals surface area contributed by atoms with E-state index in [0.29, 0.717) is 22.6 Å². The molecular formula is C26H22FN3O3. The van der Waals surface area contributed by atoms with Crippen molar-refractivity contribution in [1.29, 1.82) is 0 Å². The Labute approximate surface area is 190 Å². The van der Waals surface area contributed by atoms with E-state index in [2.05, 4.69) is 10.6 Å². The quantitative estimate of drug-likeness (QED) is 0.556. The molecule has 33 heavy (non-hydrogen) atoms. The molecule has 0 bridgehead atoms. The SMILES string of the molecule is CC(=O)Nc1ccc(N2C(=O)C(Nc3cccc(F)c3)=C(c3ccc(C)cc3C)C2=O)cc1. The van der Waals surface area contributed by atoms with Crippen LogP contribution in [0.2, 0.25) is 0 Å². The number of hydrogen-bond donors (Lipinski definition) is 2. The lowest BCUT2D eigenvalue weighted by atomic mass is 9.97. The first-order valence-electron chi connectivity index (χ1n) is 10.4. The molecular weight excluding hydrogens is 421 g/mol. The van der Waals surface area contributed by atoms with E-state index in [-0.39, 0.29) is 17.2 Å². The minimum absolute atomic E-state index is 0.0727. The number of imide groups is 1. The highest BCUT2D eigenvalue weighted by molar-refractivity contribution is 6.46. The molecule has 2 N–H and O–H groups in total. The fourth-order valence-electron chi connectivity index (χ4n) is 3.83. The maximum atomic E-state index is 13.8. The van der Waals surface area contributed by atoms with Crippen LogP contribution in [-0.4, -0.2) is 17.7 Å². The normalized spacial score (nSPS) is 13.5. The highest BCUT2D eigenvalue weighted by atomic mass is 19.1. The van der Waals surface area contributed by atoms with Gasteiger partial charge in [0.2, 0.25) is 5.91 Å². The van der Waals surface area contributed by atoms with Gasteiger partial charge in [0.05, 0.1) is 11.3 Å². The molecule has 4 rings (SSSR count). The second-order valence-electron chi connectivity index (χ2n) is 7.88. The molecule has 3 amide bonds. The largest absolute Gasteiger partial charge is 0.350 e. The van der Waals surface area contributed by atoms with Crippen LogP contribution in [0.1, 0.15) is 23.6 Å². The van der Waals surface area contributed by atoms with E-state index in [9.17, 15) is 18.8 Å². The van der Waals surface area contributed by atoms with Gasteiger partial charge < -0.3 is 10.6 Å². The summed E-state index contributed by atoms with van der Waals surface area (Å²) < 4.78 is 13.8. The number of carbonyl (C=O) groups is 3. The summed E-state index contributed by atoms with van der Waals surface area (Å²) in [5.74, 6) is -1.73. The maximum Gasteiger partial charge on any atom is 0.282 e. The first-order chi connectivity index (χ1) is 15.7. The Bertz CT molecular complexity index is 1310. The van der Waals surface area contributed by atoms with Crippen LogP contribution in [0.15, 0.2) is 72.4 Å². The summed E-state index contributed by atoms with van der Waals surface area (Å²) in [6.07, 6.45) is 0. The van der Waals surface area contributed by atoms with Gasteiger partial charge in [-0.15, -0.1) is 0 Å². The van der Waals surface area contributed by atoms with Crippen LogP contribution in [-0.2, 0) is 14.4 Å². The Morgan fingerprint density at radius 3 is 2.24 bits per heavy atom. The van der Waals surface area contributed by atoms with Crippen molar-refractivity contribution in [3.8, 4) is 0 Å². The van der Waals surface area contributed by atoms with Gasteiger partial charge in [-0.05, 0) is 67.4 Å². The molecule has 3 aromatic rings. The van der Waals surface area contributed by atoms with Gasteiger partial charge in [-0.2, -0.15) is 0 Å². The highest BCUT2D eigenvalue weighted by Gasteiger charge is 2.40. The molecule has 166 valence electrons. The lowest BCUT2D eigenvalue weighted by Crippen LogP contribution is -2.32. The molecule has 6 nitrogen and oxygen atoms in total. The van der Waals surface area contributed by atoms with Crippen molar-refractivity contribution in [2.24, 2.45) is 0 Å². The van der Waals surface area contributed by atoms with E-state index >= 15 is 0 Å². The van der Waals surface area contributed by atoms with Crippen molar-refractivity contribution in [3.05, 3.63) is 94.9 Å². The smallest absolute Gasteiger partial charge is 0.282 e. The van der Waals surface area contributed by atoms with Gasteiger partial charge in [-0.3, -0.25) is 14.4 Å². The first kappa shape index (κ1) is 22.0. The van der Waals surface area contributed by atoms with Gasteiger partial charge in [-0.25, -0.2) is 9.29 Å². The van der Waals surface area contributed by atoms with E-state index in [1.165, 1.54) is 25.1 Å². The summed E-state index contributed by atoms with van der Waals surface area (Å²) >= 11 is 0. The summed E-state index contributed by atoms with van der Waals surface area (Å²) in [6.45, 7) is 5.21. The Balaban J connectivity index is 1.79. The van der Waals surface area contributed by atoms with Crippen LogP contribution in [0.25, 0.3) is 5.57 Å². The lowest BCUT2D eigenvalue weighted by Gasteiger charge is -2.16. The van der Waals surface area contributed by atoms with Gasteiger partial charge in [-0.1, -0.05) is 29.8 Å². The van der Waals surface area contributed by atoms with Crippen molar-refractivity contribution in [2.45, 2.75) is 20.8 Å². The lowest BCUT2D eigenvalue weighted by molar-refractivity contribution is -0.120. The predicted molar refractivity (Wildman–Crippen MR) is 126 cm³/mol. The number of carbonyl (C=O) groups excluding carboxylic acids is 3.